The summed E-state index contributed by atoms with van der Waals surface area (Å²) in [5, 5.41) is 0.952. The largest absolute Gasteiger partial charge is 0.240 e. The number of halogens is 2. The Morgan fingerprint density at radius 1 is 0.464 bits per heavy atom. The Balaban J connectivity index is 1.96. The summed E-state index contributed by atoms with van der Waals surface area (Å²) in [6.07, 6.45) is 0. The van der Waals surface area contributed by atoms with Crippen molar-refractivity contribution in [2.45, 2.75) is 11.8 Å². The van der Waals surface area contributed by atoms with E-state index >= 15 is 0 Å². The van der Waals surface area contributed by atoms with Crippen LogP contribution in [0.4, 0.5) is 0 Å². The molecule has 2 atom stereocenters. The van der Waals surface area contributed by atoms with E-state index in [0.29, 0.717) is 10.3 Å². The van der Waals surface area contributed by atoms with E-state index in [4.69, 9.17) is 23.2 Å². The smallest absolute Gasteiger partial charge is 0.129 e. The van der Waals surface area contributed by atoms with Gasteiger partial charge in [-0.05, 0) is 35.4 Å². The molecule has 0 N–H and O–H groups in total. The van der Waals surface area contributed by atoms with Crippen molar-refractivity contribution >= 4 is 23.2 Å². The van der Waals surface area contributed by atoms with E-state index in [0.717, 1.165) is 22.5 Å². The van der Waals surface area contributed by atoms with Gasteiger partial charge in [-0.3, -0.25) is 0 Å². The molecule has 2 heterocycles. The molecule has 0 bridgehead atoms. The van der Waals surface area contributed by atoms with Gasteiger partial charge >= 0.3 is 0 Å². The minimum Gasteiger partial charge on any atom is -0.240 e. The summed E-state index contributed by atoms with van der Waals surface area (Å²) >= 11 is 12.5. The molecular weight excluding hydrogens is 387 g/mol. The van der Waals surface area contributed by atoms with Gasteiger partial charge in [0.25, 0.3) is 0 Å². The molecule has 2 aromatic heterocycles. The molecule has 4 rings (SSSR count). The first-order valence-corrected chi connectivity index (χ1v) is 9.83. The van der Waals surface area contributed by atoms with Crippen LogP contribution < -0.4 is 0 Å². The fourth-order valence-corrected chi connectivity index (χ4v) is 3.92. The Bertz CT molecular complexity index is 965. The molecule has 0 aliphatic rings. The summed E-state index contributed by atoms with van der Waals surface area (Å²) < 4.78 is 0. The number of pyridine rings is 2. The fourth-order valence-electron chi connectivity index (χ4n) is 3.58. The first-order valence-electron chi connectivity index (χ1n) is 9.07. The average molecular weight is 405 g/mol. The van der Waals surface area contributed by atoms with E-state index in [1.807, 2.05) is 60.7 Å². The molecule has 0 unspecified atom stereocenters. The topological polar surface area (TPSA) is 25.8 Å². The van der Waals surface area contributed by atoms with Gasteiger partial charge in [0.2, 0.25) is 0 Å². The highest BCUT2D eigenvalue weighted by Crippen LogP contribution is 2.42. The Hall–Kier alpha value is -2.68. The van der Waals surface area contributed by atoms with E-state index in [1.54, 1.807) is 12.1 Å². The molecule has 0 radical (unpaired) electrons. The lowest BCUT2D eigenvalue weighted by Gasteiger charge is -2.28. The molecule has 0 saturated carbocycles. The molecular formula is C24H18Cl2N2. The van der Waals surface area contributed by atoms with Crippen molar-refractivity contribution in [1.82, 2.24) is 9.97 Å². The van der Waals surface area contributed by atoms with Crippen LogP contribution in [0.1, 0.15) is 34.4 Å². The molecule has 2 aromatic carbocycles. The number of rotatable bonds is 5. The standard InChI is InChI=1S/C24H18Cl2N2/c25-21-15-7-13-19(27-21)23(17-9-3-1-4-10-17)24(18-11-5-2-6-12-18)20-14-8-16-22(26)28-20/h1-16,23-24H/t23-,24-/m1/s1. The third-order valence-electron chi connectivity index (χ3n) is 4.76. The van der Waals surface area contributed by atoms with Crippen LogP contribution in [0.3, 0.4) is 0 Å². The van der Waals surface area contributed by atoms with Crippen LogP contribution in [0.15, 0.2) is 97.1 Å². The monoisotopic (exact) mass is 404 g/mol. The average Bonchev–Trinajstić information content (AvgIpc) is 2.73. The molecule has 4 heteroatoms. The van der Waals surface area contributed by atoms with Crippen LogP contribution in [0, 0.1) is 0 Å². The highest BCUT2D eigenvalue weighted by molar-refractivity contribution is 6.29. The summed E-state index contributed by atoms with van der Waals surface area (Å²) in [6.45, 7) is 0. The second kappa shape index (κ2) is 8.55. The van der Waals surface area contributed by atoms with Crippen molar-refractivity contribution in [3.8, 4) is 0 Å². The normalized spacial score (nSPS) is 13.1. The lowest BCUT2D eigenvalue weighted by Crippen LogP contribution is -2.17. The predicted octanol–water partition coefficient (Wildman–Crippen LogP) is 6.75. The number of benzene rings is 2. The van der Waals surface area contributed by atoms with Crippen LogP contribution >= 0.6 is 23.2 Å². The van der Waals surface area contributed by atoms with Gasteiger partial charge < -0.3 is 0 Å². The Kier molecular flexibility index (Phi) is 5.70. The third kappa shape index (κ3) is 4.09. The van der Waals surface area contributed by atoms with Crippen molar-refractivity contribution in [3.05, 3.63) is 130 Å². The summed E-state index contributed by atoms with van der Waals surface area (Å²) in [6, 6.07) is 32.2. The fraction of sp³-hybridized carbons (Fsp3) is 0.0833. The van der Waals surface area contributed by atoms with Crippen molar-refractivity contribution in [2.24, 2.45) is 0 Å². The Morgan fingerprint density at radius 2 is 0.857 bits per heavy atom. The molecule has 0 aliphatic carbocycles. The molecule has 4 aromatic rings. The maximum atomic E-state index is 6.25. The van der Waals surface area contributed by atoms with Crippen LogP contribution in [-0.4, -0.2) is 9.97 Å². The van der Waals surface area contributed by atoms with Gasteiger partial charge in [-0.2, -0.15) is 0 Å². The lowest BCUT2D eigenvalue weighted by atomic mass is 9.77. The SMILES string of the molecule is Clc1cccc([C@@H](c2ccccc2)[C@H](c2ccccc2)c2cccc(Cl)n2)n1. The lowest BCUT2D eigenvalue weighted by molar-refractivity contribution is 0.658. The van der Waals surface area contributed by atoms with Crippen LogP contribution in [0.5, 0.6) is 0 Å². The molecule has 0 fully saturated rings. The summed E-state index contributed by atoms with van der Waals surface area (Å²) in [7, 11) is 0. The van der Waals surface area contributed by atoms with Crippen LogP contribution in [0.2, 0.25) is 10.3 Å². The maximum Gasteiger partial charge on any atom is 0.129 e. The van der Waals surface area contributed by atoms with E-state index < -0.39 is 0 Å². The summed E-state index contributed by atoms with van der Waals surface area (Å²) in [5.74, 6) is -0.124. The van der Waals surface area contributed by atoms with Gasteiger partial charge in [-0.15, -0.1) is 0 Å². The van der Waals surface area contributed by atoms with Gasteiger partial charge in [-0.25, -0.2) is 9.97 Å². The molecule has 138 valence electrons. The second-order valence-corrected chi connectivity index (χ2v) is 7.32. The highest BCUT2D eigenvalue weighted by Gasteiger charge is 2.30. The number of hydrogen-bond donors (Lipinski definition) is 0. The molecule has 0 aliphatic heterocycles. The van der Waals surface area contributed by atoms with E-state index in [-0.39, 0.29) is 11.8 Å². The van der Waals surface area contributed by atoms with E-state index in [2.05, 4.69) is 34.2 Å². The van der Waals surface area contributed by atoms with Crippen molar-refractivity contribution < 1.29 is 0 Å². The Labute approximate surface area is 174 Å². The predicted molar refractivity (Wildman–Crippen MR) is 115 cm³/mol. The van der Waals surface area contributed by atoms with Gasteiger partial charge in [0.15, 0.2) is 0 Å². The zero-order chi connectivity index (χ0) is 19.3. The van der Waals surface area contributed by atoms with E-state index in [9.17, 15) is 0 Å². The molecule has 0 amide bonds. The second-order valence-electron chi connectivity index (χ2n) is 6.55. The molecule has 2 nitrogen and oxygen atoms in total. The zero-order valence-electron chi connectivity index (χ0n) is 15.0. The zero-order valence-corrected chi connectivity index (χ0v) is 16.6. The minimum atomic E-state index is -0.0618. The van der Waals surface area contributed by atoms with Crippen molar-refractivity contribution in [1.29, 1.82) is 0 Å². The number of hydrogen-bond acceptors (Lipinski definition) is 2. The minimum absolute atomic E-state index is 0.0618. The molecule has 0 spiro atoms. The first kappa shape index (κ1) is 18.7. The van der Waals surface area contributed by atoms with Crippen molar-refractivity contribution in [3.63, 3.8) is 0 Å². The number of nitrogens with zero attached hydrogens (tertiary/aromatic N) is 2. The van der Waals surface area contributed by atoms with E-state index in [1.165, 1.54) is 0 Å². The highest BCUT2D eigenvalue weighted by atomic mass is 35.5. The van der Waals surface area contributed by atoms with Gasteiger partial charge in [0, 0.05) is 11.8 Å². The quantitative estimate of drug-likeness (QED) is 0.343. The Morgan fingerprint density at radius 3 is 1.21 bits per heavy atom. The van der Waals surface area contributed by atoms with Gasteiger partial charge in [0.1, 0.15) is 10.3 Å². The maximum absolute atomic E-state index is 6.25. The van der Waals surface area contributed by atoms with Crippen LogP contribution in [0.25, 0.3) is 0 Å². The summed E-state index contributed by atoms with van der Waals surface area (Å²) in [4.78, 5) is 9.30. The number of aromatic nitrogens is 2. The first-order chi connectivity index (χ1) is 13.7. The summed E-state index contributed by atoms with van der Waals surface area (Å²) in [5.41, 5.74) is 4.09. The third-order valence-corrected chi connectivity index (χ3v) is 5.18. The molecule has 28 heavy (non-hydrogen) atoms. The van der Waals surface area contributed by atoms with Gasteiger partial charge in [-0.1, -0.05) is 96.0 Å². The van der Waals surface area contributed by atoms with Crippen LogP contribution in [-0.2, 0) is 0 Å². The molecule has 0 saturated heterocycles. The van der Waals surface area contributed by atoms with Crippen molar-refractivity contribution in [2.75, 3.05) is 0 Å². The van der Waals surface area contributed by atoms with Gasteiger partial charge in [0.05, 0.1) is 11.4 Å².